The maximum Gasteiger partial charge on any atom is 0.165 e. The van der Waals surface area contributed by atoms with Gasteiger partial charge in [0.05, 0.1) is 7.11 Å². The second-order valence-electron chi connectivity index (χ2n) is 6.35. The van der Waals surface area contributed by atoms with E-state index in [1.807, 2.05) is 6.07 Å². The van der Waals surface area contributed by atoms with Crippen molar-refractivity contribution in [1.29, 1.82) is 0 Å². The van der Waals surface area contributed by atoms with E-state index in [4.69, 9.17) is 4.74 Å². The highest BCUT2D eigenvalue weighted by molar-refractivity contribution is 5.31. The number of benzene rings is 1. The van der Waals surface area contributed by atoms with Gasteiger partial charge in [0.1, 0.15) is 0 Å². The van der Waals surface area contributed by atoms with Crippen molar-refractivity contribution in [2.24, 2.45) is 11.8 Å². The lowest BCUT2D eigenvalue weighted by Crippen LogP contribution is -2.31. The monoisotopic (exact) mass is 293 g/mol. The van der Waals surface area contributed by atoms with Crippen molar-refractivity contribution in [2.75, 3.05) is 13.7 Å². The van der Waals surface area contributed by atoms with Gasteiger partial charge in [0.15, 0.2) is 11.6 Å². The number of rotatable bonds is 6. The van der Waals surface area contributed by atoms with Crippen molar-refractivity contribution in [3.8, 4) is 5.75 Å². The van der Waals surface area contributed by atoms with Crippen LogP contribution in [-0.2, 0) is 0 Å². The Labute approximate surface area is 128 Å². The lowest BCUT2D eigenvalue weighted by Gasteiger charge is -2.34. The Bertz CT molecular complexity index is 441. The smallest absolute Gasteiger partial charge is 0.165 e. The molecule has 0 aromatic heterocycles. The number of nitrogens with one attached hydrogen (secondary N) is 1. The van der Waals surface area contributed by atoms with E-state index in [-0.39, 0.29) is 11.9 Å². The van der Waals surface area contributed by atoms with E-state index in [1.165, 1.54) is 32.8 Å². The van der Waals surface area contributed by atoms with Crippen molar-refractivity contribution in [3.63, 3.8) is 0 Å². The molecule has 0 spiro atoms. The van der Waals surface area contributed by atoms with Crippen LogP contribution < -0.4 is 10.1 Å². The van der Waals surface area contributed by atoms with Crippen LogP contribution in [-0.4, -0.2) is 13.7 Å². The molecule has 0 bridgehead atoms. The molecular formula is C18H28FNO. The van der Waals surface area contributed by atoms with Crippen LogP contribution in [0.25, 0.3) is 0 Å². The zero-order valence-corrected chi connectivity index (χ0v) is 13.5. The quantitative estimate of drug-likeness (QED) is 0.820. The van der Waals surface area contributed by atoms with E-state index in [9.17, 15) is 4.39 Å². The average molecular weight is 293 g/mol. The van der Waals surface area contributed by atoms with Gasteiger partial charge in [-0.25, -0.2) is 4.39 Å². The van der Waals surface area contributed by atoms with Crippen LogP contribution in [0, 0.1) is 17.7 Å². The molecule has 3 heteroatoms. The molecule has 1 atom stereocenters. The summed E-state index contributed by atoms with van der Waals surface area (Å²) in [6.45, 7) is 5.48. The summed E-state index contributed by atoms with van der Waals surface area (Å²) in [5.41, 5.74) is 1.06. The molecule has 1 N–H and O–H groups in total. The molecule has 1 saturated carbocycles. The SMILES string of the molecule is CCCNC(c1ccc(OC)c(F)c1)C1CCC(C)CC1. The number of halogens is 1. The normalized spacial score (nSPS) is 23.8. The number of hydrogen-bond donors (Lipinski definition) is 1. The molecule has 118 valence electrons. The molecule has 0 heterocycles. The standard InChI is InChI=1S/C18H28FNO/c1-4-11-20-18(14-7-5-13(2)6-8-14)15-9-10-17(21-3)16(19)12-15/h9-10,12-14,18,20H,4-8,11H2,1-3H3. The van der Waals surface area contributed by atoms with E-state index < -0.39 is 0 Å². The van der Waals surface area contributed by atoms with Gasteiger partial charge >= 0.3 is 0 Å². The van der Waals surface area contributed by atoms with Crippen LogP contribution in [0.5, 0.6) is 5.75 Å². The molecule has 1 fully saturated rings. The van der Waals surface area contributed by atoms with E-state index >= 15 is 0 Å². The molecule has 2 nitrogen and oxygen atoms in total. The molecule has 0 aliphatic heterocycles. The highest BCUT2D eigenvalue weighted by Crippen LogP contribution is 2.37. The van der Waals surface area contributed by atoms with Crippen LogP contribution in [0.3, 0.4) is 0 Å². The Morgan fingerprint density at radius 2 is 2.00 bits per heavy atom. The lowest BCUT2D eigenvalue weighted by atomic mass is 9.77. The highest BCUT2D eigenvalue weighted by Gasteiger charge is 2.27. The number of ether oxygens (including phenoxy) is 1. The number of hydrogen-bond acceptors (Lipinski definition) is 2. The van der Waals surface area contributed by atoms with Crippen LogP contribution >= 0.6 is 0 Å². The molecule has 0 radical (unpaired) electrons. The van der Waals surface area contributed by atoms with Gasteiger partial charge in [0, 0.05) is 6.04 Å². The van der Waals surface area contributed by atoms with Gasteiger partial charge in [0.2, 0.25) is 0 Å². The summed E-state index contributed by atoms with van der Waals surface area (Å²) in [5.74, 6) is 1.51. The summed E-state index contributed by atoms with van der Waals surface area (Å²) in [6.07, 6.45) is 6.13. The molecule has 0 amide bonds. The van der Waals surface area contributed by atoms with Crippen molar-refractivity contribution in [3.05, 3.63) is 29.6 Å². The van der Waals surface area contributed by atoms with Gasteiger partial charge < -0.3 is 10.1 Å². The van der Waals surface area contributed by atoms with E-state index in [1.54, 1.807) is 12.1 Å². The summed E-state index contributed by atoms with van der Waals surface area (Å²) < 4.78 is 19.0. The summed E-state index contributed by atoms with van der Waals surface area (Å²) in [7, 11) is 1.51. The third-order valence-corrected chi connectivity index (χ3v) is 4.68. The van der Waals surface area contributed by atoms with Gasteiger partial charge in [-0.2, -0.15) is 0 Å². The van der Waals surface area contributed by atoms with E-state index in [2.05, 4.69) is 19.2 Å². The first-order valence-electron chi connectivity index (χ1n) is 8.22. The second-order valence-corrected chi connectivity index (χ2v) is 6.35. The maximum atomic E-state index is 14.0. The Balaban J connectivity index is 2.16. The third-order valence-electron chi connectivity index (χ3n) is 4.68. The van der Waals surface area contributed by atoms with E-state index in [0.717, 1.165) is 24.4 Å². The fourth-order valence-corrected chi connectivity index (χ4v) is 3.35. The zero-order valence-electron chi connectivity index (χ0n) is 13.5. The maximum absolute atomic E-state index is 14.0. The summed E-state index contributed by atoms with van der Waals surface area (Å²) in [5, 5.41) is 3.63. The second kappa shape index (κ2) is 7.79. The van der Waals surface area contributed by atoms with E-state index in [0.29, 0.717) is 11.7 Å². The predicted molar refractivity (Wildman–Crippen MR) is 85.1 cm³/mol. The minimum absolute atomic E-state index is 0.262. The number of methoxy groups -OCH3 is 1. The molecule has 1 aliphatic rings. The third kappa shape index (κ3) is 4.19. The van der Waals surface area contributed by atoms with Crippen LogP contribution in [0.4, 0.5) is 4.39 Å². The van der Waals surface area contributed by atoms with Crippen LogP contribution in [0.2, 0.25) is 0 Å². The molecule has 2 rings (SSSR count). The highest BCUT2D eigenvalue weighted by atomic mass is 19.1. The molecule has 0 saturated heterocycles. The Morgan fingerprint density at radius 3 is 2.57 bits per heavy atom. The van der Waals surface area contributed by atoms with Crippen molar-refractivity contribution in [1.82, 2.24) is 5.32 Å². The van der Waals surface area contributed by atoms with Gasteiger partial charge in [-0.15, -0.1) is 0 Å². The van der Waals surface area contributed by atoms with Crippen molar-refractivity contribution < 1.29 is 9.13 Å². The molecule has 1 aromatic rings. The molecule has 1 aliphatic carbocycles. The summed E-state index contributed by atoms with van der Waals surface area (Å²) in [4.78, 5) is 0. The van der Waals surface area contributed by atoms with Gasteiger partial charge in [0.25, 0.3) is 0 Å². The van der Waals surface area contributed by atoms with Crippen LogP contribution in [0.1, 0.15) is 57.6 Å². The largest absolute Gasteiger partial charge is 0.494 e. The summed E-state index contributed by atoms with van der Waals surface area (Å²) in [6, 6.07) is 5.66. The van der Waals surface area contributed by atoms with Gasteiger partial charge in [-0.05, 0) is 55.3 Å². The summed E-state index contributed by atoms with van der Waals surface area (Å²) >= 11 is 0. The van der Waals surface area contributed by atoms with Crippen molar-refractivity contribution in [2.45, 2.75) is 52.0 Å². The fraction of sp³-hybridized carbons (Fsp3) is 0.667. The minimum Gasteiger partial charge on any atom is -0.494 e. The fourth-order valence-electron chi connectivity index (χ4n) is 3.35. The zero-order chi connectivity index (χ0) is 15.2. The molecule has 1 aromatic carbocycles. The first-order valence-corrected chi connectivity index (χ1v) is 8.22. The molecular weight excluding hydrogens is 265 g/mol. The molecule has 21 heavy (non-hydrogen) atoms. The average Bonchev–Trinajstić information content (AvgIpc) is 2.49. The van der Waals surface area contributed by atoms with Gasteiger partial charge in [-0.3, -0.25) is 0 Å². The topological polar surface area (TPSA) is 21.3 Å². The predicted octanol–water partition coefficient (Wildman–Crippen LogP) is 4.70. The lowest BCUT2D eigenvalue weighted by molar-refractivity contribution is 0.231. The first kappa shape index (κ1) is 16.3. The Kier molecular flexibility index (Phi) is 6.04. The Morgan fingerprint density at radius 1 is 1.29 bits per heavy atom. The molecule has 1 unspecified atom stereocenters. The van der Waals surface area contributed by atoms with Crippen LogP contribution in [0.15, 0.2) is 18.2 Å². The first-order chi connectivity index (χ1) is 10.2. The van der Waals surface area contributed by atoms with Gasteiger partial charge in [-0.1, -0.05) is 32.8 Å². The van der Waals surface area contributed by atoms with Crippen molar-refractivity contribution >= 4 is 0 Å². The Hall–Kier alpha value is -1.09. The minimum atomic E-state index is -0.262.